The Morgan fingerprint density at radius 2 is 1.65 bits per heavy atom. The molecule has 0 bridgehead atoms. The molecule has 0 saturated heterocycles. The van der Waals surface area contributed by atoms with Gasteiger partial charge in [-0.3, -0.25) is 4.79 Å². The monoisotopic (exact) mass is 374 g/mol. The highest BCUT2D eigenvalue weighted by molar-refractivity contribution is 7.98. The summed E-state index contributed by atoms with van der Waals surface area (Å²) in [5.41, 5.74) is 2.23. The fourth-order valence-corrected chi connectivity index (χ4v) is 3.20. The maximum atomic E-state index is 11.7. The Labute approximate surface area is 159 Å². The molecule has 0 spiro atoms. The summed E-state index contributed by atoms with van der Waals surface area (Å²) in [6.07, 6.45) is 0.428. The highest BCUT2D eigenvalue weighted by atomic mass is 32.2. The number of aliphatic hydroxyl groups excluding tert-OH is 1. The molecule has 0 saturated carbocycles. The van der Waals surface area contributed by atoms with Crippen LogP contribution in [0.4, 0.5) is 0 Å². The molecule has 0 radical (unpaired) electrons. The first-order valence-corrected chi connectivity index (χ1v) is 9.96. The molecule has 0 aliphatic rings. The van der Waals surface area contributed by atoms with Crippen LogP contribution in [0.15, 0.2) is 60.7 Å². The van der Waals surface area contributed by atoms with Gasteiger partial charge in [0.15, 0.2) is 0 Å². The SMILES string of the molecule is O=C(CCCOCC(O)CSCc1ccccc1)OCc1ccccc1. The van der Waals surface area contributed by atoms with E-state index in [1.54, 1.807) is 11.8 Å². The van der Waals surface area contributed by atoms with E-state index in [1.165, 1.54) is 5.56 Å². The molecule has 26 heavy (non-hydrogen) atoms. The van der Waals surface area contributed by atoms with Crippen molar-refractivity contribution < 1.29 is 19.4 Å². The molecule has 2 aromatic carbocycles. The Hall–Kier alpha value is -1.82. The van der Waals surface area contributed by atoms with E-state index in [1.807, 2.05) is 48.5 Å². The van der Waals surface area contributed by atoms with E-state index in [0.717, 1.165) is 11.3 Å². The maximum absolute atomic E-state index is 11.7. The first kappa shape index (κ1) is 20.5. The summed E-state index contributed by atoms with van der Waals surface area (Å²) in [4.78, 5) is 11.7. The predicted molar refractivity (Wildman–Crippen MR) is 105 cm³/mol. The van der Waals surface area contributed by atoms with Crippen molar-refractivity contribution >= 4 is 17.7 Å². The molecule has 0 aliphatic carbocycles. The quantitative estimate of drug-likeness (QED) is 0.452. The number of esters is 1. The van der Waals surface area contributed by atoms with Gasteiger partial charge in [0.2, 0.25) is 0 Å². The second-order valence-electron chi connectivity index (χ2n) is 5.98. The molecular weight excluding hydrogens is 348 g/mol. The van der Waals surface area contributed by atoms with Crippen LogP contribution in [0.2, 0.25) is 0 Å². The lowest BCUT2D eigenvalue weighted by Crippen LogP contribution is -2.18. The van der Waals surface area contributed by atoms with Crippen molar-refractivity contribution in [2.24, 2.45) is 0 Å². The van der Waals surface area contributed by atoms with E-state index < -0.39 is 6.10 Å². The predicted octanol–water partition coefficient (Wildman–Crippen LogP) is 3.82. The number of ether oxygens (including phenoxy) is 2. The average molecular weight is 375 g/mol. The van der Waals surface area contributed by atoms with Crippen LogP contribution < -0.4 is 0 Å². The van der Waals surface area contributed by atoms with E-state index in [2.05, 4.69) is 12.1 Å². The molecule has 0 amide bonds. The third kappa shape index (κ3) is 9.04. The Morgan fingerprint density at radius 3 is 2.35 bits per heavy atom. The molecule has 4 nitrogen and oxygen atoms in total. The van der Waals surface area contributed by atoms with E-state index in [-0.39, 0.29) is 5.97 Å². The molecule has 1 unspecified atom stereocenters. The number of carbonyl (C=O) groups is 1. The van der Waals surface area contributed by atoms with Crippen LogP contribution in [0.3, 0.4) is 0 Å². The lowest BCUT2D eigenvalue weighted by atomic mass is 10.2. The Kier molecular flexibility index (Phi) is 9.87. The van der Waals surface area contributed by atoms with Crippen LogP contribution in [0.25, 0.3) is 0 Å². The lowest BCUT2D eigenvalue weighted by Gasteiger charge is -2.11. The number of aliphatic hydroxyl groups is 1. The van der Waals surface area contributed by atoms with Crippen molar-refractivity contribution in [1.29, 1.82) is 0 Å². The summed E-state index contributed by atoms with van der Waals surface area (Å²) >= 11 is 1.68. The van der Waals surface area contributed by atoms with E-state index in [4.69, 9.17) is 9.47 Å². The Morgan fingerprint density at radius 1 is 1.00 bits per heavy atom. The van der Waals surface area contributed by atoms with Gasteiger partial charge in [0, 0.05) is 24.5 Å². The Bertz CT molecular complexity index is 618. The Balaban J connectivity index is 1.44. The van der Waals surface area contributed by atoms with Gasteiger partial charge in [0.05, 0.1) is 12.7 Å². The smallest absolute Gasteiger partial charge is 0.306 e. The standard InChI is InChI=1S/C21H26O4S/c22-20(17-26-16-19-10-5-2-6-11-19)15-24-13-7-12-21(23)25-14-18-8-3-1-4-9-18/h1-6,8-11,20,22H,7,12-17H2. The highest BCUT2D eigenvalue weighted by Crippen LogP contribution is 2.13. The number of benzene rings is 2. The molecule has 0 aromatic heterocycles. The van der Waals surface area contributed by atoms with Gasteiger partial charge in [-0.1, -0.05) is 60.7 Å². The van der Waals surface area contributed by atoms with Gasteiger partial charge in [0.25, 0.3) is 0 Å². The molecule has 2 rings (SSSR count). The van der Waals surface area contributed by atoms with Crippen molar-refractivity contribution in [3.8, 4) is 0 Å². The fraction of sp³-hybridized carbons (Fsp3) is 0.381. The van der Waals surface area contributed by atoms with Crippen LogP contribution in [-0.2, 0) is 26.6 Å². The van der Waals surface area contributed by atoms with Crippen molar-refractivity contribution in [3.05, 3.63) is 71.8 Å². The molecule has 0 aliphatic heterocycles. The molecule has 0 heterocycles. The minimum atomic E-state index is -0.492. The second kappa shape index (κ2) is 12.5. The molecule has 0 fully saturated rings. The normalized spacial score (nSPS) is 11.9. The number of hydrogen-bond acceptors (Lipinski definition) is 5. The molecule has 1 N–H and O–H groups in total. The summed E-state index contributed by atoms with van der Waals surface area (Å²) < 4.78 is 10.6. The largest absolute Gasteiger partial charge is 0.461 e. The van der Waals surface area contributed by atoms with Gasteiger partial charge in [-0.15, -0.1) is 0 Å². The first-order chi connectivity index (χ1) is 12.7. The number of thioether (sulfide) groups is 1. The summed E-state index contributed by atoms with van der Waals surface area (Å²) in [6.45, 7) is 1.04. The van der Waals surface area contributed by atoms with Crippen LogP contribution in [0.1, 0.15) is 24.0 Å². The maximum Gasteiger partial charge on any atom is 0.306 e. The van der Waals surface area contributed by atoms with Crippen molar-refractivity contribution in [3.63, 3.8) is 0 Å². The van der Waals surface area contributed by atoms with Gasteiger partial charge in [0.1, 0.15) is 6.61 Å². The number of carbonyl (C=O) groups excluding carboxylic acids is 1. The van der Waals surface area contributed by atoms with Crippen LogP contribution >= 0.6 is 11.8 Å². The van der Waals surface area contributed by atoms with Gasteiger partial charge in [-0.2, -0.15) is 11.8 Å². The summed E-state index contributed by atoms with van der Waals surface area (Å²) in [6, 6.07) is 19.8. The van der Waals surface area contributed by atoms with Crippen molar-refractivity contribution in [1.82, 2.24) is 0 Å². The zero-order valence-corrected chi connectivity index (χ0v) is 15.7. The van der Waals surface area contributed by atoms with Crippen LogP contribution in [0, 0.1) is 0 Å². The minimum Gasteiger partial charge on any atom is -0.461 e. The lowest BCUT2D eigenvalue weighted by molar-refractivity contribution is -0.145. The highest BCUT2D eigenvalue weighted by Gasteiger charge is 2.06. The van der Waals surface area contributed by atoms with Gasteiger partial charge >= 0.3 is 5.97 Å². The molecule has 5 heteroatoms. The molecule has 1 atom stereocenters. The zero-order valence-electron chi connectivity index (χ0n) is 14.9. The first-order valence-electron chi connectivity index (χ1n) is 8.81. The summed E-state index contributed by atoms with van der Waals surface area (Å²) in [7, 11) is 0. The van der Waals surface area contributed by atoms with Gasteiger partial charge < -0.3 is 14.6 Å². The molecule has 140 valence electrons. The minimum absolute atomic E-state index is 0.226. The number of rotatable bonds is 12. The van der Waals surface area contributed by atoms with Crippen LogP contribution in [-0.4, -0.2) is 36.1 Å². The van der Waals surface area contributed by atoms with E-state index in [9.17, 15) is 9.90 Å². The molecule has 2 aromatic rings. The fourth-order valence-electron chi connectivity index (χ4n) is 2.28. The zero-order chi connectivity index (χ0) is 18.5. The summed E-state index contributed by atoms with van der Waals surface area (Å²) in [5, 5.41) is 9.91. The summed E-state index contributed by atoms with van der Waals surface area (Å²) in [5.74, 6) is 1.29. The number of hydrogen-bond donors (Lipinski definition) is 1. The molecular formula is C21H26O4S. The van der Waals surface area contributed by atoms with Gasteiger partial charge in [-0.25, -0.2) is 0 Å². The van der Waals surface area contributed by atoms with E-state index in [0.29, 0.717) is 38.4 Å². The van der Waals surface area contributed by atoms with Gasteiger partial charge in [-0.05, 0) is 17.5 Å². The van der Waals surface area contributed by atoms with Crippen LogP contribution in [0.5, 0.6) is 0 Å². The topological polar surface area (TPSA) is 55.8 Å². The third-order valence-corrected chi connectivity index (χ3v) is 4.80. The van der Waals surface area contributed by atoms with Crippen molar-refractivity contribution in [2.45, 2.75) is 31.3 Å². The third-order valence-electron chi connectivity index (χ3n) is 3.64. The average Bonchev–Trinajstić information content (AvgIpc) is 2.68. The second-order valence-corrected chi connectivity index (χ2v) is 7.01. The van der Waals surface area contributed by atoms with Crippen molar-refractivity contribution in [2.75, 3.05) is 19.0 Å². The van der Waals surface area contributed by atoms with E-state index >= 15 is 0 Å².